The van der Waals surface area contributed by atoms with Crippen LogP contribution < -0.4 is 10.6 Å². The highest BCUT2D eigenvalue weighted by atomic mass is 14.6. The highest BCUT2D eigenvalue weighted by Crippen LogP contribution is 1.98. The number of aromatic nitrogens is 1. The van der Waals surface area contributed by atoms with Gasteiger partial charge in [-0.25, -0.2) is 0 Å². The Kier molecular flexibility index (Phi) is 1.78. The third-order valence-electron chi connectivity index (χ3n) is 2.01. The summed E-state index contributed by atoms with van der Waals surface area (Å²) in [6.45, 7) is 2.11. The minimum atomic E-state index is 1.01. The number of fused-ring (bicyclic) bond motifs is 1. The van der Waals surface area contributed by atoms with E-state index in [1.807, 2.05) is 12.3 Å². The van der Waals surface area contributed by atoms with Crippen LogP contribution in [-0.4, -0.2) is 4.98 Å². The van der Waals surface area contributed by atoms with Gasteiger partial charge >= 0.3 is 0 Å². The average molecular weight is 157 g/mol. The molecule has 1 aromatic heterocycles. The molecule has 0 bridgehead atoms. The van der Waals surface area contributed by atoms with Crippen molar-refractivity contribution in [1.82, 2.24) is 4.98 Å². The molecule has 0 spiro atoms. The van der Waals surface area contributed by atoms with Crippen molar-refractivity contribution in [2.24, 2.45) is 0 Å². The van der Waals surface area contributed by atoms with Gasteiger partial charge in [0.25, 0.3) is 0 Å². The van der Waals surface area contributed by atoms with Crippen molar-refractivity contribution >= 4 is 12.2 Å². The molecule has 1 aromatic rings. The number of hydrogen-bond acceptors (Lipinski definition) is 1. The molecule has 1 aliphatic carbocycles. The molecule has 2 rings (SSSR count). The summed E-state index contributed by atoms with van der Waals surface area (Å²) in [7, 11) is 0. The summed E-state index contributed by atoms with van der Waals surface area (Å²) >= 11 is 0. The van der Waals surface area contributed by atoms with Crippen LogP contribution in [0, 0.1) is 0 Å². The maximum Gasteiger partial charge on any atom is 0.0701 e. The van der Waals surface area contributed by atoms with E-state index in [2.05, 4.69) is 36.2 Å². The molecule has 1 heteroatoms. The predicted molar refractivity (Wildman–Crippen MR) is 50.8 cm³/mol. The number of pyridine rings is 1. The molecule has 0 radical (unpaired) electrons. The predicted octanol–water partition coefficient (Wildman–Crippen LogP) is 0.993. The van der Waals surface area contributed by atoms with Crippen molar-refractivity contribution in [2.45, 2.75) is 13.3 Å². The topological polar surface area (TPSA) is 12.9 Å². The fraction of sp³-hybridized carbons (Fsp3) is 0.182. The van der Waals surface area contributed by atoms with Crippen molar-refractivity contribution in [3.05, 3.63) is 40.5 Å². The second kappa shape index (κ2) is 2.94. The molecular formula is C11H11N. The molecule has 1 aliphatic rings. The largest absolute Gasteiger partial charge is 0.256 e. The maximum atomic E-state index is 4.30. The lowest BCUT2D eigenvalue weighted by Gasteiger charge is -1.87. The summed E-state index contributed by atoms with van der Waals surface area (Å²) in [5.74, 6) is 0. The molecule has 0 unspecified atom stereocenters. The Balaban J connectivity index is 2.76. The molecule has 0 aromatic carbocycles. The van der Waals surface area contributed by atoms with E-state index >= 15 is 0 Å². The second-order valence-corrected chi connectivity index (χ2v) is 3.01. The third kappa shape index (κ3) is 1.30. The Morgan fingerprint density at radius 1 is 1.33 bits per heavy atom. The number of nitrogens with zero attached hydrogens (tertiary/aromatic N) is 1. The van der Waals surface area contributed by atoms with Crippen LogP contribution in [0.4, 0.5) is 0 Å². The zero-order valence-corrected chi connectivity index (χ0v) is 7.12. The van der Waals surface area contributed by atoms with Crippen LogP contribution in [0.5, 0.6) is 0 Å². The van der Waals surface area contributed by atoms with Gasteiger partial charge in [-0.2, -0.15) is 0 Å². The van der Waals surface area contributed by atoms with Crippen molar-refractivity contribution < 1.29 is 0 Å². The fourth-order valence-electron chi connectivity index (χ4n) is 1.37. The van der Waals surface area contributed by atoms with Crippen LogP contribution in [0.1, 0.15) is 13.3 Å². The van der Waals surface area contributed by atoms with Gasteiger partial charge < -0.3 is 0 Å². The minimum absolute atomic E-state index is 1.01. The van der Waals surface area contributed by atoms with Crippen LogP contribution >= 0.6 is 0 Å². The first-order valence-corrected chi connectivity index (χ1v) is 4.16. The van der Waals surface area contributed by atoms with Gasteiger partial charge in [-0.15, -0.1) is 0 Å². The van der Waals surface area contributed by atoms with E-state index in [1.165, 1.54) is 10.8 Å². The average Bonchev–Trinajstić information content (AvgIpc) is 2.25. The summed E-state index contributed by atoms with van der Waals surface area (Å²) in [5, 5.41) is 2.33. The molecule has 0 atom stereocenters. The van der Waals surface area contributed by atoms with E-state index in [0.717, 1.165) is 11.8 Å². The Hall–Kier alpha value is -1.37. The number of hydrogen-bond donors (Lipinski definition) is 0. The molecule has 0 aliphatic heterocycles. The van der Waals surface area contributed by atoms with E-state index in [-0.39, 0.29) is 0 Å². The molecule has 0 saturated heterocycles. The van der Waals surface area contributed by atoms with Crippen LogP contribution in [0.3, 0.4) is 0 Å². The molecule has 1 nitrogen and oxygen atoms in total. The quantitative estimate of drug-likeness (QED) is 0.547. The van der Waals surface area contributed by atoms with E-state index in [1.54, 1.807) is 0 Å². The lowest BCUT2D eigenvalue weighted by atomic mass is 10.2. The smallest absolute Gasteiger partial charge is 0.0701 e. The summed E-state index contributed by atoms with van der Waals surface area (Å²) in [4.78, 5) is 4.30. The lowest BCUT2D eigenvalue weighted by molar-refractivity contribution is 1.22. The lowest BCUT2D eigenvalue weighted by Crippen LogP contribution is -2.26. The van der Waals surface area contributed by atoms with E-state index in [9.17, 15) is 0 Å². The number of rotatable bonds is 0. The highest BCUT2D eigenvalue weighted by Gasteiger charge is 1.90. The first kappa shape index (κ1) is 7.29. The molecule has 0 saturated carbocycles. The van der Waals surface area contributed by atoms with Gasteiger partial charge in [0.15, 0.2) is 0 Å². The van der Waals surface area contributed by atoms with Crippen molar-refractivity contribution in [3.8, 4) is 0 Å². The van der Waals surface area contributed by atoms with Crippen LogP contribution in [0.2, 0.25) is 0 Å². The van der Waals surface area contributed by atoms with Crippen molar-refractivity contribution in [3.63, 3.8) is 0 Å². The van der Waals surface area contributed by atoms with Gasteiger partial charge in [-0.3, -0.25) is 4.98 Å². The monoisotopic (exact) mass is 157 g/mol. The summed E-state index contributed by atoms with van der Waals surface area (Å²) < 4.78 is 0. The summed E-state index contributed by atoms with van der Waals surface area (Å²) in [6.07, 6.45) is 9.39. The minimum Gasteiger partial charge on any atom is -0.256 e. The van der Waals surface area contributed by atoms with Crippen LogP contribution in [0.25, 0.3) is 12.2 Å². The van der Waals surface area contributed by atoms with Gasteiger partial charge in [0.1, 0.15) is 0 Å². The van der Waals surface area contributed by atoms with E-state index in [4.69, 9.17) is 0 Å². The summed E-state index contributed by atoms with van der Waals surface area (Å²) in [5.41, 5.74) is 1.30. The van der Waals surface area contributed by atoms with Gasteiger partial charge in [-0.1, -0.05) is 23.8 Å². The number of allylic oxidation sites excluding steroid dienone is 2. The molecule has 1 heterocycles. The molecule has 0 fully saturated rings. The van der Waals surface area contributed by atoms with Crippen molar-refractivity contribution in [1.29, 1.82) is 0 Å². The van der Waals surface area contributed by atoms with Crippen LogP contribution in [0.15, 0.2) is 30.0 Å². The first-order chi connectivity index (χ1) is 5.86. The van der Waals surface area contributed by atoms with Gasteiger partial charge in [0, 0.05) is 6.20 Å². The summed E-state index contributed by atoms with van der Waals surface area (Å²) in [6, 6.07) is 4.08. The molecule has 0 N–H and O–H groups in total. The molecule has 12 heavy (non-hydrogen) atoms. The van der Waals surface area contributed by atoms with E-state index in [0.29, 0.717) is 0 Å². The van der Waals surface area contributed by atoms with Gasteiger partial charge in [0.2, 0.25) is 0 Å². The first-order valence-electron chi connectivity index (χ1n) is 4.16. The van der Waals surface area contributed by atoms with Gasteiger partial charge in [0.05, 0.1) is 5.35 Å². The molecule has 60 valence electrons. The SMILES string of the molecule is CC1=CCC=c2cccnc2=C1. The molecule has 0 amide bonds. The Labute approximate surface area is 71.8 Å². The van der Waals surface area contributed by atoms with E-state index < -0.39 is 0 Å². The third-order valence-corrected chi connectivity index (χ3v) is 2.01. The maximum absolute atomic E-state index is 4.30. The zero-order valence-electron chi connectivity index (χ0n) is 7.12. The fourth-order valence-corrected chi connectivity index (χ4v) is 1.37. The Bertz CT molecular complexity index is 427. The highest BCUT2D eigenvalue weighted by molar-refractivity contribution is 5.48. The van der Waals surface area contributed by atoms with Gasteiger partial charge in [-0.05, 0) is 30.7 Å². The molecular weight excluding hydrogens is 146 g/mol. The zero-order chi connectivity index (χ0) is 8.39. The van der Waals surface area contributed by atoms with Crippen molar-refractivity contribution in [2.75, 3.05) is 0 Å². The van der Waals surface area contributed by atoms with Crippen LogP contribution in [-0.2, 0) is 0 Å². The Morgan fingerprint density at radius 3 is 3.17 bits per heavy atom. The second-order valence-electron chi connectivity index (χ2n) is 3.01. The standard InChI is InChI=1S/C11H11N/c1-9-4-2-5-10-6-3-7-12-11(10)8-9/h3-8H,2H2,1H3. The Morgan fingerprint density at radius 2 is 2.25 bits per heavy atom. The normalized spacial score (nSPS) is 14.9.